The third kappa shape index (κ3) is 2.60. The van der Waals surface area contributed by atoms with Gasteiger partial charge in [-0.05, 0) is 12.5 Å². The van der Waals surface area contributed by atoms with Gasteiger partial charge in [0.25, 0.3) is 0 Å². The summed E-state index contributed by atoms with van der Waals surface area (Å²) in [5, 5.41) is 26.6. The third-order valence-corrected chi connectivity index (χ3v) is 2.19. The van der Waals surface area contributed by atoms with Gasteiger partial charge in [0.2, 0.25) is 0 Å². The molecule has 0 saturated heterocycles. The van der Waals surface area contributed by atoms with Crippen molar-refractivity contribution in [2.45, 2.75) is 18.9 Å². The van der Waals surface area contributed by atoms with Crippen molar-refractivity contribution in [3.05, 3.63) is 23.5 Å². The lowest BCUT2D eigenvalue weighted by atomic mass is 10.0. The summed E-state index contributed by atoms with van der Waals surface area (Å²) in [6.07, 6.45) is -0.140. The Labute approximate surface area is 90.9 Å². The van der Waals surface area contributed by atoms with Gasteiger partial charge in [0.15, 0.2) is 17.3 Å². The van der Waals surface area contributed by atoms with Gasteiger partial charge in [-0.2, -0.15) is 0 Å². The molecule has 16 heavy (non-hydrogen) atoms. The molecule has 88 valence electrons. The molecule has 0 aliphatic carbocycles. The van der Waals surface area contributed by atoms with Crippen LogP contribution in [-0.4, -0.2) is 21.3 Å². The third-order valence-electron chi connectivity index (χ3n) is 2.19. The molecule has 1 atom stereocenters. The van der Waals surface area contributed by atoms with E-state index in [0.29, 0.717) is 0 Å². The minimum absolute atomic E-state index is 0.0171. The smallest absolute Gasteiger partial charge is 0.303 e. The zero-order valence-electron chi connectivity index (χ0n) is 8.35. The van der Waals surface area contributed by atoms with E-state index in [2.05, 4.69) is 0 Å². The minimum atomic E-state index is -1.03. The first kappa shape index (κ1) is 12.3. The van der Waals surface area contributed by atoms with Crippen molar-refractivity contribution >= 4 is 5.97 Å². The number of carboxylic acids is 1. The fraction of sp³-hybridized carbons (Fsp3) is 0.300. The molecule has 0 saturated carbocycles. The normalized spacial score (nSPS) is 12.4. The van der Waals surface area contributed by atoms with Crippen LogP contribution in [0.25, 0.3) is 0 Å². The SMILES string of the molecule is NC(CCC(=O)O)c1ccc(O)c(O)c1F. The average Bonchev–Trinajstić information content (AvgIpc) is 2.23. The Bertz CT molecular complexity index is 408. The van der Waals surface area contributed by atoms with Crippen molar-refractivity contribution in [2.24, 2.45) is 5.73 Å². The van der Waals surface area contributed by atoms with Crippen LogP contribution < -0.4 is 5.73 Å². The summed E-state index contributed by atoms with van der Waals surface area (Å²) in [6, 6.07) is 1.49. The van der Waals surface area contributed by atoms with Gasteiger partial charge >= 0.3 is 5.97 Å². The van der Waals surface area contributed by atoms with Gasteiger partial charge in [-0.3, -0.25) is 4.79 Å². The predicted molar refractivity (Wildman–Crippen MR) is 53.5 cm³/mol. The molecule has 0 heterocycles. The second kappa shape index (κ2) is 4.80. The van der Waals surface area contributed by atoms with E-state index in [-0.39, 0.29) is 18.4 Å². The lowest BCUT2D eigenvalue weighted by Gasteiger charge is -2.12. The molecule has 0 aliphatic heterocycles. The van der Waals surface area contributed by atoms with E-state index in [1.165, 1.54) is 6.07 Å². The summed E-state index contributed by atoms with van der Waals surface area (Å²) in [5.41, 5.74) is 5.55. The monoisotopic (exact) mass is 229 g/mol. The topological polar surface area (TPSA) is 104 Å². The van der Waals surface area contributed by atoms with Gasteiger partial charge in [-0.1, -0.05) is 6.07 Å². The maximum Gasteiger partial charge on any atom is 0.303 e. The highest BCUT2D eigenvalue weighted by Crippen LogP contribution is 2.32. The summed E-state index contributed by atoms with van der Waals surface area (Å²) in [4.78, 5) is 10.3. The standard InChI is InChI=1S/C10H12FNO4/c11-9-5(1-3-7(13)10(9)16)6(12)2-4-8(14)15/h1,3,6,13,16H,2,4,12H2,(H,14,15). The predicted octanol–water partition coefficient (Wildman–Crippen LogP) is 1.10. The zero-order valence-corrected chi connectivity index (χ0v) is 8.35. The molecule has 1 aromatic carbocycles. The van der Waals surface area contributed by atoms with Gasteiger partial charge in [0.1, 0.15) is 0 Å². The van der Waals surface area contributed by atoms with E-state index in [1.54, 1.807) is 0 Å². The number of nitrogens with two attached hydrogens (primary N) is 1. The fourth-order valence-electron chi connectivity index (χ4n) is 1.29. The van der Waals surface area contributed by atoms with E-state index in [9.17, 15) is 9.18 Å². The first-order chi connectivity index (χ1) is 7.43. The zero-order chi connectivity index (χ0) is 12.3. The van der Waals surface area contributed by atoms with Crippen LogP contribution in [0.2, 0.25) is 0 Å². The number of carboxylic acid groups (broad SMARTS) is 1. The average molecular weight is 229 g/mol. The van der Waals surface area contributed by atoms with Crippen LogP contribution in [0.5, 0.6) is 11.5 Å². The van der Waals surface area contributed by atoms with Crippen molar-refractivity contribution < 1.29 is 24.5 Å². The molecule has 5 N–H and O–H groups in total. The highest BCUT2D eigenvalue weighted by atomic mass is 19.1. The Hall–Kier alpha value is -1.82. The number of aliphatic carboxylic acids is 1. The molecule has 0 fully saturated rings. The maximum absolute atomic E-state index is 13.4. The molecular formula is C10H12FNO4. The molecule has 0 bridgehead atoms. The van der Waals surface area contributed by atoms with Gasteiger partial charge < -0.3 is 21.1 Å². The van der Waals surface area contributed by atoms with Crippen LogP contribution in [0.4, 0.5) is 4.39 Å². The largest absolute Gasteiger partial charge is 0.504 e. The maximum atomic E-state index is 13.4. The second-order valence-corrected chi connectivity index (χ2v) is 3.38. The van der Waals surface area contributed by atoms with Crippen LogP contribution in [0, 0.1) is 5.82 Å². The molecule has 0 spiro atoms. The summed E-state index contributed by atoms with van der Waals surface area (Å²) < 4.78 is 13.4. The van der Waals surface area contributed by atoms with Crippen molar-refractivity contribution in [3.63, 3.8) is 0 Å². The van der Waals surface area contributed by atoms with Crippen LogP contribution in [-0.2, 0) is 4.79 Å². The molecule has 1 unspecified atom stereocenters. The van der Waals surface area contributed by atoms with E-state index in [4.69, 9.17) is 21.1 Å². The van der Waals surface area contributed by atoms with Crippen LogP contribution in [0.1, 0.15) is 24.4 Å². The van der Waals surface area contributed by atoms with Crippen molar-refractivity contribution in [1.82, 2.24) is 0 Å². The molecule has 0 aromatic heterocycles. The first-order valence-corrected chi connectivity index (χ1v) is 4.61. The number of benzene rings is 1. The number of halogens is 1. The quantitative estimate of drug-likeness (QED) is 0.579. The number of hydrogen-bond donors (Lipinski definition) is 4. The van der Waals surface area contributed by atoms with E-state index >= 15 is 0 Å². The van der Waals surface area contributed by atoms with E-state index in [0.717, 1.165) is 6.07 Å². The van der Waals surface area contributed by atoms with Crippen molar-refractivity contribution in [2.75, 3.05) is 0 Å². The molecule has 0 radical (unpaired) electrons. The number of phenols is 2. The van der Waals surface area contributed by atoms with Crippen molar-refractivity contribution in [1.29, 1.82) is 0 Å². The van der Waals surface area contributed by atoms with Gasteiger partial charge in [0.05, 0.1) is 0 Å². The van der Waals surface area contributed by atoms with Gasteiger partial charge in [-0.25, -0.2) is 4.39 Å². The van der Waals surface area contributed by atoms with Crippen LogP contribution in [0.15, 0.2) is 12.1 Å². The highest BCUT2D eigenvalue weighted by Gasteiger charge is 2.17. The number of hydrogen-bond acceptors (Lipinski definition) is 4. The van der Waals surface area contributed by atoms with Gasteiger partial charge in [-0.15, -0.1) is 0 Å². The van der Waals surface area contributed by atoms with Crippen LogP contribution in [0.3, 0.4) is 0 Å². The lowest BCUT2D eigenvalue weighted by molar-refractivity contribution is -0.137. The summed E-state index contributed by atoms with van der Waals surface area (Å²) in [5.74, 6) is -3.49. The Balaban J connectivity index is 2.87. The number of rotatable bonds is 4. The second-order valence-electron chi connectivity index (χ2n) is 3.38. The summed E-state index contributed by atoms with van der Waals surface area (Å²) >= 11 is 0. The number of aromatic hydroxyl groups is 2. The Morgan fingerprint density at radius 3 is 2.62 bits per heavy atom. The number of phenolic OH excluding ortho intramolecular Hbond substituents is 2. The summed E-state index contributed by atoms with van der Waals surface area (Å²) in [6.45, 7) is 0. The Morgan fingerprint density at radius 2 is 2.06 bits per heavy atom. The molecule has 0 aliphatic rings. The van der Waals surface area contributed by atoms with E-state index < -0.39 is 29.3 Å². The molecule has 0 amide bonds. The lowest BCUT2D eigenvalue weighted by Crippen LogP contribution is -2.13. The molecular weight excluding hydrogens is 217 g/mol. The molecule has 1 rings (SSSR count). The highest BCUT2D eigenvalue weighted by molar-refractivity contribution is 5.66. The fourth-order valence-corrected chi connectivity index (χ4v) is 1.29. The van der Waals surface area contributed by atoms with E-state index in [1.807, 2.05) is 0 Å². The molecule has 5 nitrogen and oxygen atoms in total. The summed E-state index contributed by atoms with van der Waals surface area (Å²) in [7, 11) is 0. The molecule has 1 aromatic rings. The Kier molecular flexibility index (Phi) is 3.68. The minimum Gasteiger partial charge on any atom is -0.504 e. The Morgan fingerprint density at radius 1 is 1.44 bits per heavy atom. The van der Waals surface area contributed by atoms with Crippen LogP contribution >= 0.6 is 0 Å². The first-order valence-electron chi connectivity index (χ1n) is 4.61. The van der Waals surface area contributed by atoms with Gasteiger partial charge in [0, 0.05) is 18.0 Å². The van der Waals surface area contributed by atoms with Crippen molar-refractivity contribution in [3.8, 4) is 11.5 Å². The molecule has 6 heteroatoms. The number of carbonyl (C=O) groups is 1.